The number of amides is 1. The molecule has 1 aromatic carbocycles. The summed E-state index contributed by atoms with van der Waals surface area (Å²) in [7, 11) is 1.77. The van der Waals surface area contributed by atoms with E-state index in [-0.39, 0.29) is 12.5 Å². The van der Waals surface area contributed by atoms with Gasteiger partial charge >= 0.3 is 0 Å². The molecule has 1 aliphatic rings. The van der Waals surface area contributed by atoms with E-state index in [1.807, 2.05) is 0 Å². The maximum atomic E-state index is 13.0. The summed E-state index contributed by atoms with van der Waals surface area (Å²) < 4.78 is 25.7. The fourth-order valence-electron chi connectivity index (χ4n) is 1.75. The van der Waals surface area contributed by atoms with Gasteiger partial charge in [-0.2, -0.15) is 0 Å². The number of rotatable bonds is 5. The van der Waals surface area contributed by atoms with Gasteiger partial charge < -0.3 is 5.32 Å². The van der Waals surface area contributed by atoms with E-state index in [2.05, 4.69) is 5.32 Å². The van der Waals surface area contributed by atoms with Crippen LogP contribution in [-0.4, -0.2) is 30.4 Å². The molecule has 0 aliphatic heterocycles. The molecule has 0 bridgehead atoms. The summed E-state index contributed by atoms with van der Waals surface area (Å²) in [4.78, 5) is 13.3. The molecule has 0 radical (unpaired) electrons. The summed E-state index contributed by atoms with van der Waals surface area (Å²) in [5.41, 5.74) is 0.649. The first-order chi connectivity index (χ1) is 8.54. The van der Waals surface area contributed by atoms with E-state index in [1.54, 1.807) is 11.9 Å². The van der Waals surface area contributed by atoms with Gasteiger partial charge in [0.25, 0.3) is 0 Å². The molecule has 1 N–H and O–H groups in total. The predicted octanol–water partition coefficient (Wildman–Crippen LogP) is 1.68. The van der Waals surface area contributed by atoms with Gasteiger partial charge in [0.2, 0.25) is 5.91 Å². The number of carbonyl (C=O) groups is 1. The second-order valence-electron chi connectivity index (χ2n) is 4.76. The number of benzene rings is 1. The molecule has 2 rings (SSSR count). The van der Waals surface area contributed by atoms with Crippen LogP contribution in [0.25, 0.3) is 0 Å². The predicted molar refractivity (Wildman–Crippen MR) is 63.9 cm³/mol. The molecule has 1 fully saturated rings. The zero-order chi connectivity index (χ0) is 13.1. The Hall–Kier alpha value is -1.49. The largest absolute Gasteiger partial charge is 0.352 e. The SMILES string of the molecule is CN(CC(=O)NC1CC1)Cc1ccc(F)c(F)c1. The second-order valence-corrected chi connectivity index (χ2v) is 4.76. The Balaban J connectivity index is 1.83. The molecule has 3 nitrogen and oxygen atoms in total. The fraction of sp³-hybridized carbons (Fsp3) is 0.462. The van der Waals surface area contributed by atoms with Crippen molar-refractivity contribution in [1.29, 1.82) is 0 Å². The highest BCUT2D eigenvalue weighted by Gasteiger charge is 2.23. The Morgan fingerprint density at radius 2 is 2.11 bits per heavy atom. The molecule has 0 atom stereocenters. The lowest BCUT2D eigenvalue weighted by molar-refractivity contribution is -0.122. The molecule has 0 spiro atoms. The number of likely N-dealkylation sites (N-methyl/N-ethyl adjacent to an activating group) is 1. The molecular formula is C13H16F2N2O. The summed E-state index contributed by atoms with van der Waals surface area (Å²) in [5, 5.41) is 2.88. The van der Waals surface area contributed by atoms with Crippen LogP contribution in [0.4, 0.5) is 8.78 Å². The smallest absolute Gasteiger partial charge is 0.234 e. The van der Waals surface area contributed by atoms with Crippen molar-refractivity contribution in [2.45, 2.75) is 25.4 Å². The number of halogens is 2. The van der Waals surface area contributed by atoms with E-state index < -0.39 is 11.6 Å². The summed E-state index contributed by atoms with van der Waals surface area (Å²) in [6.45, 7) is 0.671. The maximum absolute atomic E-state index is 13.0. The van der Waals surface area contributed by atoms with Gasteiger partial charge in [0, 0.05) is 12.6 Å². The molecule has 98 valence electrons. The molecular weight excluding hydrogens is 238 g/mol. The van der Waals surface area contributed by atoms with Gasteiger partial charge in [-0.25, -0.2) is 8.78 Å². The van der Waals surface area contributed by atoms with E-state index in [0.29, 0.717) is 18.2 Å². The van der Waals surface area contributed by atoms with E-state index in [0.717, 1.165) is 25.0 Å². The molecule has 1 saturated carbocycles. The van der Waals surface area contributed by atoms with Crippen molar-refractivity contribution in [1.82, 2.24) is 10.2 Å². The van der Waals surface area contributed by atoms with Crippen LogP contribution in [0.15, 0.2) is 18.2 Å². The number of nitrogens with one attached hydrogen (secondary N) is 1. The van der Waals surface area contributed by atoms with Crippen molar-refractivity contribution in [2.24, 2.45) is 0 Å². The number of hydrogen-bond donors (Lipinski definition) is 1. The van der Waals surface area contributed by atoms with E-state index in [9.17, 15) is 13.6 Å². The highest BCUT2D eigenvalue weighted by molar-refractivity contribution is 5.78. The lowest BCUT2D eigenvalue weighted by atomic mass is 10.2. The Kier molecular flexibility index (Phi) is 3.91. The number of hydrogen-bond acceptors (Lipinski definition) is 2. The van der Waals surface area contributed by atoms with Crippen molar-refractivity contribution >= 4 is 5.91 Å². The summed E-state index contributed by atoms with van der Waals surface area (Å²) in [6.07, 6.45) is 2.11. The zero-order valence-electron chi connectivity index (χ0n) is 10.2. The van der Waals surface area contributed by atoms with Crippen LogP contribution in [0.5, 0.6) is 0 Å². The lowest BCUT2D eigenvalue weighted by Crippen LogP contribution is -2.35. The van der Waals surface area contributed by atoms with Crippen LogP contribution in [0.3, 0.4) is 0 Å². The summed E-state index contributed by atoms with van der Waals surface area (Å²) in [6, 6.07) is 4.12. The van der Waals surface area contributed by atoms with Gasteiger partial charge in [-0.05, 0) is 37.6 Å². The molecule has 1 amide bonds. The highest BCUT2D eigenvalue weighted by atomic mass is 19.2. The van der Waals surface area contributed by atoms with Gasteiger partial charge in [0.05, 0.1) is 6.54 Å². The Labute approximate surface area is 105 Å². The van der Waals surface area contributed by atoms with Gasteiger partial charge in [-0.3, -0.25) is 9.69 Å². The summed E-state index contributed by atoms with van der Waals surface area (Å²) >= 11 is 0. The van der Waals surface area contributed by atoms with Crippen molar-refractivity contribution in [2.75, 3.05) is 13.6 Å². The van der Waals surface area contributed by atoms with Gasteiger partial charge in [0.15, 0.2) is 11.6 Å². The van der Waals surface area contributed by atoms with Crippen LogP contribution >= 0.6 is 0 Å². The minimum atomic E-state index is -0.858. The minimum absolute atomic E-state index is 0.0254. The minimum Gasteiger partial charge on any atom is -0.352 e. The molecule has 5 heteroatoms. The third-order valence-corrected chi connectivity index (χ3v) is 2.79. The summed E-state index contributed by atoms with van der Waals surface area (Å²) in [5.74, 6) is -1.74. The molecule has 0 unspecified atom stereocenters. The third-order valence-electron chi connectivity index (χ3n) is 2.79. The van der Waals surface area contributed by atoms with Crippen molar-refractivity contribution < 1.29 is 13.6 Å². The second kappa shape index (κ2) is 5.44. The number of carbonyl (C=O) groups excluding carboxylic acids is 1. The standard InChI is InChI=1S/C13H16F2N2O/c1-17(8-13(18)16-10-3-4-10)7-9-2-5-11(14)12(15)6-9/h2,5-6,10H,3-4,7-8H2,1H3,(H,16,18). The van der Waals surface area contributed by atoms with Gasteiger partial charge in [0.1, 0.15) is 0 Å². The molecule has 0 saturated heterocycles. The first kappa shape index (κ1) is 13.0. The Morgan fingerprint density at radius 3 is 2.72 bits per heavy atom. The number of nitrogens with zero attached hydrogens (tertiary/aromatic N) is 1. The van der Waals surface area contributed by atoms with Crippen molar-refractivity contribution in [3.63, 3.8) is 0 Å². The molecule has 1 aromatic rings. The van der Waals surface area contributed by atoms with Crippen molar-refractivity contribution in [3.05, 3.63) is 35.4 Å². The van der Waals surface area contributed by atoms with Gasteiger partial charge in [-0.1, -0.05) is 6.07 Å². The normalized spacial score (nSPS) is 14.9. The Bertz CT molecular complexity index is 447. The van der Waals surface area contributed by atoms with Crippen LogP contribution in [0.1, 0.15) is 18.4 Å². The first-order valence-corrected chi connectivity index (χ1v) is 5.96. The quantitative estimate of drug-likeness (QED) is 0.867. The topological polar surface area (TPSA) is 32.3 Å². The van der Waals surface area contributed by atoms with Crippen LogP contribution in [0.2, 0.25) is 0 Å². The van der Waals surface area contributed by atoms with Crippen molar-refractivity contribution in [3.8, 4) is 0 Å². The van der Waals surface area contributed by atoms with Crippen LogP contribution in [0, 0.1) is 11.6 Å². The molecule has 18 heavy (non-hydrogen) atoms. The average molecular weight is 254 g/mol. The molecule has 1 aliphatic carbocycles. The fourth-order valence-corrected chi connectivity index (χ4v) is 1.75. The monoisotopic (exact) mass is 254 g/mol. The first-order valence-electron chi connectivity index (χ1n) is 5.96. The third kappa shape index (κ3) is 3.77. The van der Waals surface area contributed by atoms with E-state index in [4.69, 9.17) is 0 Å². The highest BCUT2D eigenvalue weighted by Crippen LogP contribution is 2.18. The van der Waals surface area contributed by atoms with E-state index >= 15 is 0 Å². The van der Waals surface area contributed by atoms with Crippen LogP contribution < -0.4 is 5.32 Å². The lowest BCUT2D eigenvalue weighted by Gasteiger charge is -2.16. The zero-order valence-corrected chi connectivity index (χ0v) is 10.2. The van der Waals surface area contributed by atoms with Gasteiger partial charge in [-0.15, -0.1) is 0 Å². The molecule has 0 aromatic heterocycles. The average Bonchev–Trinajstić information content (AvgIpc) is 3.07. The maximum Gasteiger partial charge on any atom is 0.234 e. The Morgan fingerprint density at radius 1 is 1.39 bits per heavy atom. The van der Waals surface area contributed by atoms with E-state index in [1.165, 1.54) is 6.07 Å². The van der Waals surface area contributed by atoms with Crippen LogP contribution in [-0.2, 0) is 11.3 Å². The molecule has 0 heterocycles.